The standard InChI is InChI=1S/C14H25NO2S/c1-14(2,3)17-13(16)15-8-6-11(7-9-15)10-18-12-4-5-12/h11-12H,4-10H2,1-3H3. The molecule has 2 aliphatic rings. The van der Waals surface area contributed by atoms with Crippen molar-refractivity contribution in [1.82, 2.24) is 4.90 Å². The van der Waals surface area contributed by atoms with E-state index in [1.54, 1.807) is 0 Å². The average Bonchev–Trinajstić information content (AvgIpc) is 3.08. The molecule has 0 atom stereocenters. The second-order valence-electron chi connectivity index (χ2n) is 6.44. The molecule has 1 amide bonds. The second kappa shape index (κ2) is 5.72. The van der Waals surface area contributed by atoms with Crippen molar-refractivity contribution in [2.75, 3.05) is 18.8 Å². The van der Waals surface area contributed by atoms with Crippen LogP contribution in [0.3, 0.4) is 0 Å². The lowest BCUT2D eigenvalue weighted by atomic mass is 9.99. The van der Waals surface area contributed by atoms with Gasteiger partial charge < -0.3 is 9.64 Å². The monoisotopic (exact) mass is 271 g/mol. The maximum atomic E-state index is 11.9. The van der Waals surface area contributed by atoms with Gasteiger partial charge in [0, 0.05) is 18.3 Å². The van der Waals surface area contributed by atoms with E-state index in [4.69, 9.17) is 4.74 Å². The minimum absolute atomic E-state index is 0.143. The summed E-state index contributed by atoms with van der Waals surface area (Å²) in [6.45, 7) is 7.49. The molecule has 1 aliphatic heterocycles. The molecule has 0 N–H and O–H groups in total. The fraction of sp³-hybridized carbons (Fsp3) is 0.929. The van der Waals surface area contributed by atoms with Crippen LogP contribution in [0, 0.1) is 5.92 Å². The van der Waals surface area contributed by atoms with Crippen molar-refractivity contribution in [1.29, 1.82) is 0 Å². The van der Waals surface area contributed by atoms with Crippen LogP contribution >= 0.6 is 11.8 Å². The van der Waals surface area contributed by atoms with E-state index in [2.05, 4.69) is 11.8 Å². The third-order valence-corrected chi connectivity index (χ3v) is 4.96. The van der Waals surface area contributed by atoms with Gasteiger partial charge >= 0.3 is 6.09 Å². The van der Waals surface area contributed by atoms with E-state index in [-0.39, 0.29) is 11.7 Å². The van der Waals surface area contributed by atoms with Crippen LogP contribution in [-0.2, 0) is 4.74 Å². The number of hydrogen-bond donors (Lipinski definition) is 0. The Hall–Kier alpha value is -0.380. The highest BCUT2D eigenvalue weighted by Crippen LogP contribution is 2.36. The summed E-state index contributed by atoms with van der Waals surface area (Å²) >= 11 is 2.13. The van der Waals surface area contributed by atoms with E-state index in [9.17, 15) is 4.79 Å². The normalized spacial score (nSPS) is 22.1. The van der Waals surface area contributed by atoms with Crippen molar-refractivity contribution >= 4 is 17.9 Å². The molecular formula is C14H25NO2S. The summed E-state index contributed by atoms with van der Waals surface area (Å²) in [6.07, 6.45) is 4.97. The molecule has 0 spiro atoms. The third kappa shape index (κ3) is 4.71. The van der Waals surface area contributed by atoms with Crippen LogP contribution in [0.15, 0.2) is 0 Å². The number of carbonyl (C=O) groups is 1. The number of amides is 1. The Morgan fingerprint density at radius 3 is 2.33 bits per heavy atom. The van der Waals surface area contributed by atoms with Crippen LogP contribution in [0.4, 0.5) is 4.79 Å². The lowest BCUT2D eigenvalue weighted by Gasteiger charge is -2.33. The summed E-state index contributed by atoms with van der Waals surface area (Å²) in [5, 5.41) is 0.953. The molecule has 1 aliphatic carbocycles. The quantitative estimate of drug-likeness (QED) is 0.786. The molecule has 0 aromatic heterocycles. The maximum Gasteiger partial charge on any atom is 0.410 e. The zero-order valence-electron chi connectivity index (χ0n) is 11.8. The van der Waals surface area contributed by atoms with Crippen molar-refractivity contribution in [3.05, 3.63) is 0 Å². The Morgan fingerprint density at radius 1 is 1.22 bits per heavy atom. The molecular weight excluding hydrogens is 246 g/mol. The molecule has 18 heavy (non-hydrogen) atoms. The van der Waals surface area contributed by atoms with Gasteiger partial charge in [0.2, 0.25) is 0 Å². The first-order valence-electron chi connectivity index (χ1n) is 7.03. The first-order valence-corrected chi connectivity index (χ1v) is 8.08. The van der Waals surface area contributed by atoms with Crippen molar-refractivity contribution in [2.24, 2.45) is 5.92 Å². The Kier molecular flexibility index (Phi) is 4.46. The Labute approximate surface area is 115 Å². The van der Waals surface area contributed by atoms with Gasteiger partial charge in [-0.2, -0.15) is 11.8 Å². The summed E-state index contributed by atoms with van der Waals surface area (Å²) in [5.74, 6) is 2.08. The van der Waals surface area contributed by atoms with Crippen molar-refractivity contribution in [3.8, 4) is 0 Å². The Morgan fingerprint density at radius 2 is 1.83 bits per heavy atom. The molecule has 1 saturated heterocycles. The van der Waals surface area contributed by atoms with Gasteiger partial charge in [0.25, 0.3) is 0 Å². The average molecular weight is 271 g/mol. The fourth-order valence-electron chi connectivity index (χ4n) is 2.12. The van der Waals surface area contributed by atoms with Crippen LogP contribution in [0.25, 0.3) is 0 Å². The van der Waals surface area contributed by atoms with Crippen molar-refractivity contribution in [3.63, 3.8) is 0 Å². The molecule has 1 heterocycles. The Balaban J connectivity index is 1.67. The van der Waals surface area contributed by atoms with E-state index < -0.39 is 0 Å². The lowest BCUT2D eigenvalue weighted by Crippen LogP contribution is -2.42. The topological polar surface area (TPSA) is 29.5 Å². The number of likely N-dealkylation sites (tertiary alicyclic amines) is 1. The van der Waals surface area contributed by atoms with Gasteiger partial charge in [-0.3, -0.25) is 0 Å². The van der Waals surface area contributed by atoms with Gasteiger partial charge in [0.05, 0.1) is 0 Å². The summed E-state index contributed by atoms with van der Waals surface area (Å²) in [6, 6.07) is 0. The maximum absolute atomic E-state index is 11.9. The minimum Gasteiger partial charge on any atom is -0.444 e. The number of thioether (sulfide) groups is 1. The van der Waals surface area contributed by atoms with Gasteiger partial charge in [0.1, 0.15) is 5.60 Å². The third-order valence-electron chi connectivity index (χ3n) is 3.36. The van der Waals surface area contributed by atoms with E-state index in [1.165, 1.54) is 18.6 Å². The zero-order valence-corrected chi connectivity index (χ0v) is 12.6. The fourth-order valence-corrected chi connectivity index (χ4v) is 3.46. The molecule has 0 aromatic rings. The summed E-state index contributed by atoms with van der Waals surface area (Å²) in [7, 11) is 0. The van der Waals surface area contributed by atoms with E-state index in [0.717, 1.165) is 37.1 Å². The molecule has 3 nitrogen and oxygen atoms in total. The van der Waals surface area contributed by atoms with Crippen molar-refractivity contribution < 1.29 is 9.53 Å². The summed E-state index contributed by atoms with van der Waals surface area (Å²) < 4.78 is 5.40. The number of carbonyl (C=O) groups excluding carboxylic acids is 1. The highest BCUT2D eigenvalue weighted by Gasteiger charge is 2.28. The minimum atomic E-state index is -0.379. The molecule has 0 bridgehead atoms. The first-order chi connectivity index (χ1) is 8.44. The van der Waals surface area contributed by atoms with Crippen LogP contribution < -0.4 is 0 Å². The molecule has 2 rings (SSSR count). The van der Waals surface area contributed by atoms with Gasteiger partial charge in [0.15, 0.2) is 0 Å². The van der Waals surface area contributed by atoms with Crippen molar-refractivity contribution in [2.45, 2.75) is 57.3 Å². The summed E-state index contributed by atoms with van der Waals surface area (Å²) in [4.78, 5) is 13.8. The molecule has 4 heteroatoms. The smallest absolute Gasteiger partial charge is 0.410 e. The van der Waals surface area contributed by atoms with Gasteiger partial charge in [-0.05, 0) is 58.1 Å². The van der Waals surface area contributed by atoms with Gasteiger partial charge in [-0.1, -0.05) is 0 Å². The number of hydrogen-bond acceptors (Lipinski definition) is 3. The first kappa shape index (κ1) is 14.0. The SMILES string of the molecule is CC(C)(C)OC(=O)N1CCC(CSC2CC2)CC1. The van der Waals surface area contributed by atoms with Gasteiger partial charge in [-0.25, -0.2) is 4.79 Å². The van der Waals surface area contributed by atoms with Gasteiger partial charge in [-0.15, -0.1) is 0 Å². The van der Waals surface area contributed by atoms with Crippen LogP contribution in [0.2, 0.25) is 0 Å². The van der Waals surface area contributed by atoms with E-state index >= 15 is 0 Å². The highest BCUT2D eigenvalue weighted by molar-refractivity contribution is 8.00. The second-order valence-corrected chi connectivity index (χ2v) is 7.78. The summed E-state index contributed by atoms with van der Waals surface area (Å²) in [5.41, 5.74) is -0.379. The molecule has 2 fully saturated rings. The highest BCUT2D eigenvalue weighted by atomic mass is 32.2. The zero-order chi connectivity index (χ0) is 13.2. The van der Waals surface area contributed by atoms with Crippen LogP contribution in [-0.4, -0.2) is 40.7 Å². The molecule has 104 valence electrons. The molecule has 0 radical (unpaired) electrons. The van der Waals surface area contributed by atoms with E-state index in [1.807, 2.05) is 25.7 Å². The Bertz CT molecular complexity index is 289. The number of ether oxygens (including phenoxy) is 1. The van der Waals surface area contributed by atoms with Crippen LogP contribution in [0.1, 0.15) is 46.5 Å². The van der Waals surface area contributed by atoms with E-state index in [0.29, 0.717) is 0 Å². The largest absolute Gasteiger partial charge is 0.444 e. The molecule has 0 aromatic carbocycles. The predicted octanol–water partition coefficient (Wildman–Crippen LogP) is 3.53. The number of nitrogens with zero attached hydrogens (tertiary/aromatic N) is 1. The lowest BCUT2D eigenvalue weighted by molar-refractivity contribution is 0.0191. The van der Waals surface area contributed by atoms with Crippen LogP contribution in [0.5, 0.6) is 0 Å². The number of rotatable bonds is 3. The number of piperidine rings is 1. The predicted molar refractivity (Wildman–Crippen MR) is 76.0 cm³/mol. The molecule has 1 saturated carbocycles. The molecule has 0 unspecified atom stereocenters.